The van der Waals surface area contributed by atoms with Gasteiger partial charge >= 0.3 is 7.60 Å². The van der Waals surface area contributed by atoms with Crippen LogP contribution >= 0.6 is 7.60 Å². The molecule has 8 N–H and O–H groups in total. The number of amides is 6. The number of nitrogens with one attached hydrogen (secondary N) is 4. The maximum Gasteiger partial charge on any atom is 0.396 e. The number of H-pyrrole nitrogens is 1. The predicted molar refractivity (Wildman–Crippen MR) is 198 cm³/mol. The van der Waals surface area contributed by atoms with Crippen LogP contribution in [0.25, 0.3) is 10.9 Å². The summed E-state index contributed by atoms with van der Waals surface area (Å²) in [5.41, 5.74) is 4.52. The van der Waals surface area contributed by atoms with Gasteiger partial charge in [0.15, 0.2) is 9.84 Å². The molecule has 2 aliphatic rings. The lowest BCUT2D eigenvalue weighted by molar-refractivity contribution is -0.145. The summed E-state index contributed by atoms with van der Waals surface area (Å²) in [6.45, 7) is 1.28. The Morgan fingerprint density at radius 1 is 1.02 bits per heavy atom. The van der Waals surface area contributed by atoms with Crippen molar-refractivity contribution in [3.8, 4) is 0 Å². The summed E-state index contributed by atoms with van der Waals surface area (Å²) in [6, 6.07) is 6.75. The summed E-state index contributed by atoms with van der Waals surface area (Å²) in [5.74, 6) is -3.84. The molecular weight excluding hydrogens is 773 g/mol. The Bertz CT molecular complexity index is 2240. The molecule has 300 valence electrons. The SMILES string of the molecule is CC(=O)N1CC[C@H]2CC[C@@H](C(=O)N[C@@H](CCC(N)=O)C(=O)NCc3ccc(S(C)(=O)=O)cc3)N2C(=O)[C@@H](NC(=O)c2cc3cc(C(=O)P(=O)(O)O)ccc3[nH]2)C1. The first kappa shape index (κ1) is 41.7. The summed E-state index contributed by atoms with van der Waals surface area (Å²) in [7, 11) is -8.51. The molecule has 19 nitrogen and oxygen atoms in total. The molecule has 5 rings (SSSR count). The van der Waals surface area contributed by atoms with E-state index in [1.807, 2.05) is 0 Å². The van der Waals surface area contributed by atoms with Gasteiger partial charge in [-0.05, 0) is 67.6 Å². The van der Waals surface area contributed by atoms with Crippen LogP contribution in [0.1, 0.15) is 65.4 Å². The molecule has 0 unspecified atom stereocenters. The van der Waals surface area contributed by atoms with Gasteiger partial charge in [0.2, 0.25) is 29.5 Å². The van der Waals surface area contributed by atoms with Crippen LogP contribution in [0, 0.1) is 0 Å². The van der Waals surface area contributed by atoms with E-state index in [9.17, 15) is 56.3 Å². The van der Waals surface area contributed by atoms with E-state index in [1.165, 1.54) is 65.3 Å². The molecule has 2 fully saturated rings. The molecule has 3 heterocycles. The van der Waals surface area contributed by atoms with Crippen molar-refractivity contribution in [3.05, 3.63) is 65.4 Å². The first-order chi connectivity index (χ1) is 26.2. The van der Waals surface area contributed by atoms with E-state index >= 15 is 0 Å². The highest BCUT2D eigenvalue weighted by Crippen LogP contribution is 2.39. The molecule has 56 heavy (non-hydrogen) atoms. The van der Waals surface area contributed by atoms with Gasteiger partial charge in [0, 0.05) is 61.7 Å². The van der Waals surface area contributed by atoms with Crippen molar-refractivity contribution in [2.24, 2.45) is 5.73 Å². The van der Waals surface area contributed by atoms with Crippen LogP contribution in [0.3, 0.4) is 0 Å². The van der Waals surface area contributed by atoms with Crippen LogP contribution in [0.2, 0.25) is 0 Å². The summed E-state index contributed by atoms with van der Waals surface area (Å²) >= 11 is 0. The Morgan fingerprint density at radius 3 is 2.34 bits per heavy atom. The number of aromatic amines is 1. The van der Waals surface area contributed by atoms with Gasteiger partial charge in [-0.1, -0.05) is 12.1 Å². The molecule has 6 amide bonds. The normalized spacial score (nSPS) is 19.4. The van der Waals surface area contributed by atoms with Crippen molar-refractivity contribution < 1.29 is 56.3 Å². The van der Waals surface area contributed by atoms with Crippen LogP contribution < -0.4 is 21.7 Å². The summed E-state index contributed by atoms with van der Waals surface area (Å²) in [6.07, 6.45) is 1.55. The highest BCUT2D eigenvalue weighted by molar-refractivity contribution is 7.90. The van der Waals surface area contributed by atoms with Crippen molar-refractivity contribution in [2.75, 3.05) is 19.3 Å². The molecule has 4 atom stereocenters. The van der Waals surface area contributed by atoms with Crippen molar-refractivity contribution >= 4 is 69.3 Å². The van der Waals surface area contributed by atoms with Gasteiger partial charge in [0.1, 0.15) is 23.8 Å². The Morgan fingerprint density at radius 2 is 1.71 bits per heavy atom. The van der Waals surface area contributed by atoms with Crippen molar-refractivity contribution in [1.82, 2.24) is 30.7 Å². The van der Waals surface area contributed by atoms with Crippen LogP contribution in [0.15, 0.2) is 53.4 Å². The number of hydrogen-bond acceptors (Lipinski definition) is 10. The summed E-state index contributed by atoms with van der Waals surface area (Å²) < 4.78 is 35.1. The number of sulfone groups is 1. The molecule has 0 spiro atoms. The van der Waals surface area contributed by atoms with Gasteiger partial charge < -0.3 is 46.3 Å². The average Bonchev–Trinajstić information content (AvgIpc) is 3.75. The molecule has 2 aromatic carbocycles. The number of nitrogens with zero attached hydrogens (tertiary/aromatic N) is 2. The van der Waals surface area contributed by atoms with E-state index < -0.39 is 76.7 Å². The number of hydrogen-bond donors (Lipinski definition) is 7. The van der Waals surface area contributed by atoms with Crippen LogP contribution in [-0.2, 0) is 44.9 Å². The third-order valence-corrected chi connectivity index (χ3v) is 11.7. The highest BCUT2D eigenvalue weighted by atomic mass is 32.2. The average molecular weight is 816 g/mol. The Hall–Kier alpha value is -5.43. The van der Waals surface area contributed by atoms with E-state index in [0.29, 0.717) is 23.9 Å². The topological polar surface area (TPSA) is 296 Å². The maximum absolute atomic E-state index is 14.3. The van der Waals surface area contributed by atoms with E-state index in [2.05, 4.69) is 20.9 Å². The number of rotatable bonds is 13. The third kappa shape index (κ3) is 9.86. The quantitative estimate of drug-likeness (QED) is 0.109. The largest absolute Gasteiger partial charge is 0.396 e. The number of primary amides is 1. The summed E-state index contributed by atoms with van der Waals surface area (Å²) in [5, 5.41) is 8.24. The maximum atomic E-state index is 14.3. The zero-order valence-corrected chi connectivity index (χ0v) is 32.1. The van der Waals surface area contributed by atoms with Gasteiger partial charge in [-0.15, -0.1) is 0 Å². The lowest BCUT2D eigenvalue weighted by atomic mass is 10.1. The van der Waals surface area contributed by atoms with E-state index in [-0.39, 0.29) is 66.3 Å². The minimum atomic E-state index is -5.07. The Labute approximate surface area is 320 Å². The predicted octanol–water partition coefficient (Wildman–Crippen LogP) is -0.334. The fourth-order valence-electron chi connectivity index (χ4n) is 6.81. The van der Waals surface area contributed by atoms with Crippen molar-refractivity contribution in [3.63, 3.8) is 0 Å². The number of aromatic nitrogens is 1. The van der Waals surface area contributed by atoms with Crippen molar-refractivity contribution in [2.45, 2.75) is 74.6 Å². The standard InChI is InChI=1S/C35H42N7O12PS/c1-19(43)41-14-13-23-6-11-29(33(47)39-26(10-12-30(36)44)31(45)37-17-20-3-7-24(8-4-20)56(2,53)54)42(23)34(48)28(18-41)40-32(46)27-16-22-15-21(5-9-25(22)38-27)35(49)55(50,51)52/h3-5,7-9,15-16,23,26,28-29,38H,6,10-14,17-18H2,1-2H3,(H2,36,44)(H,37,45)(H,39,47)(H,40,46)(H2,50,51,52)/t23-,26+,28+,29+/m1/s1. The fraction of sp³-hybridized carbons (Fsp3) is 0.400. The van der Waals surface area contributed by atoms with Crippen LogP contribution in [-0.4, -0.2) is 117 Å². The molecule has 0 aliphatic carbocycles. The van der Waals surface area contributed by atoms with Crippen LogP contribution in [0.5, 0.6) is 0 Å². The molecule has 3 aromatic rings. The first-order valence-corrected chi connectivity index (χ1v) is 21.0. The van der Waals surface area contributed by atoms with Gasteiger partial charge in [0.25, 0.3) is 11.4 Å². The molecule has 0 saturated carbocycles. The lowest BCUT2D eigenvalue weighted by Gasteiger charge is -2.38. The molecule has 2 saturated heterocycles. The Kier molecular flexibility index (Phi) is 12.5. The zero-order valence-electron chi connectivity index (χ0n) is 30.4. The van der Waals surface area contributed by atoms with E-state index in [4.69, 9.17) is 5.73 Å². The zero-order chi connectivity index (χ0) is 41.1. The van der Waals surface area contributed by atoms with E-state index in [1.54, 1.807) is 0 Å². The fourth-order valence-corrected chi connectivity index (χ4v) is 7.91. The third-order valence-electron chi connectivity index (χ3n) is 9.75. The minimum Gasteiger partial charge on any atom is -0.370 e. The summed E-state index contributed by atoms with van der Waals surface area (Å²) in [4.78, 5) is 116. The number of carbonyl (C=O) groups is 7. The Balaban J connectivity index is 1.33. The van der Waals surface area contributed by atoms with E-state index in [0.717, 1.165) is 6.26 Å². The molecule has 1 aromatic heterocycles. The minimum absolute atomic E-state index is 0.0288. The highest BCUT2D eigenvalue weighted by Gasteiger charge is 2.46. The number of benzene rings is 2. The molecule has 0 bridgehead atoms. The van der Waals surface area contributed by atoms with Gasteiger partial charge in [-0.3, -0.25) is 38.1 Å². The molecule has 2 aliphatic heterocycles. The second-order valence-corrected chi connectivity index (χ2v) is 17.3. The second-order valence-electron chi connectivity index (χ2n) is 13.8. The van der Waals surface area contributed by atoms with Crippen molar-refractivity contribution in [1.29, 1.82) is 0 Å². The number of nitrogens with two attached hydrogens (primary N) is 1. The van der Waals surface area contributed by atoms with Gasteiger partial charge in [0.05, 0.1) is 4.90 Å². The molecule has 0 radical (unpaired) electrons. The molecule has 21 heteroatoms. The molecular formula is C35H42N7O12PS. The lowest BCUT2D eigenvalue weighted by Crippen LogP contribution is -2.61. The van der Waals surface area contributed by atoms with Gasteiger partial charge in [-0.25, -0.2) is 8.42 Å². The monoisotopic (exact) mass is 815 g/mol. The smallest absolute Gasteiger partial charge is 0.370 e. The second kappa shape index (κ2) is 16.7. The number of fused-ring (bicyclic) bond motifs is 2. The van der Waals surface area contributed by atoms with Crippen LogP contribution in [0.4, 0.5) is 0 Å². The number of carbonyl (C=O) groups excluding carboxylic acids is 7. The first-order valence-electron chi connectivity index (χ1n) is 17.5. The van der Waals surface area contributed by atoms with Gasteiger partial charge in [-0.2, -0.15) is 0 Å².